The quantitative estimate of drug-likeness (QED) is 0.778. The molecule has 1 saturated heterocycles. The Morgan fingerprint density at radius 3 is 2.95 bits per heavy atom. The molecular formula is C14H18FNO2S. The Morgan fingerprint density at radius 2 is 2.26 bits per heavy atom. The molecule has 1 fully saturated rings. The fourth-order valence-corrected chi connectivity index (χ4v) is 3.50. The van der Waals surface area contributed by atoms with E-state index in [1.165, 1.54) is 12.1 Å². The van der Waals surface area contributed by atoms with Crippen LogP contribution in [0.5, 0.6) is 0 Å². The number of nitrogens with zero attached hydrogens (tertiary/aromatic N) is 1. The maximum atomic E-state index is 13.3. The zero-order chi connectivity index (χ0) is 13.8. The molecule has 1 heterocycles. The third-order valence-corrected chi connectivity index (χ3v) is 4.52. The Bertz CT molecular complexity index is 455. The molecule has 0 spiro atoms. The van der Waals surface area contributed by atoms with Crippen LogP contribution in [-0.4, -0.2) is 36.3 Å². The first-order chi connectivity index (χ1) is 9.13. The first-order valence-electron chi connectivity index (χ1n) is 6.34. The second-order valence-electron chi connectivity index (χ2n) is 4.56. The van der Waals surface area contributed by atoms with Gasteiger partial charge in [-0.05, 0) is 31.0 Å². The van der Waals surface area contributed by atoms with Crippen LogP contribution in [0.15, 0.2) is 24.3 Å². The Balaban J connectivity index is 2.15. The summed E-state index contributed by atoms with van der Waals surface area (Å²) in [7, 11) is 1.65. The Morgan fingerprint density at radius 1 is 1.47 bits per heavy atom. The summed E-state index contributed by atoms with van der Waals surface area (Å²) in [6.07, 6.45) is 0.793. The second kappa shape index (κ2) is 6.39. The molecule has 0 unspecified atom stereocenters. The van der Waals surface area contributed by atoms with Gasteiger partial charge < -0.3 is 9.64 Å². The van der Waals surface area contributed by atoms with Crippen molar-refractivity contribution in [1.29, 1.82) is 0 Å². The molecule has 1 aliphatic heterocycles. The molecule has 2 rings (SSSR count). The molecule has 0 bridgehead atoms. The minimum absolute atomic E-state index is 0.0733. The van der Waals surface area contributed by atoms with Crippen LogP contribution in [0.2, 0.25) is 0 Å². The van der Waals surface area contributed by atoms with Crippen LogP contribution in [-0.2, 0) is 9.53 Å². The molecule has 0 aromatic heterocycles. The highest BCUT2D eigenvalue weighted by Gasteiger charge is 2.37. The zero-order valence-electron chi connectivity index (χ0n) is 11.1. The highest BCUT2D eigenvalue weighted by Crippen LogP contribution is 2.42. The predicted molar refractivity (Wildman–Crippen MR) is 74.4 cm³/mol. The summed E-state index contributed by atoms with van der Waals surface area (Å²) in [5.74, 6) is -0.141. The zero-order valence-corrected chi connectivity index (χ0v) is 12.0. The number of carbonyl (C=O) groups is 1. The molecule has 19 heavy (non-hydrogen) atoms. The minimum atomic E-state index is -0.262. The van der Waals surface area contributed by atoms with Crippen molar-refractivity contribution in [1.82, 2.24) is 4.90 Å². The third kappa shape index (κ3) is 3.28. The van der Waals surface area contributed by atoms with Gasteiger partial charge in [-0.2, -0.15) is 0 Å². The lowest BCUT2D eigenvalue weighted by Crippen LogP contribution is -2.31. The van der Waals surface area contributed by atoms with Gasteiger partial charge in [-0.3, -0.25) is 4.79 Å². The van der Waals surface area contributed by atoms with E-state index in [0.717, 1.165) is 12.0 Å². The molecule has 1 amide bonds. The van der Waals surface area contributed by atoms with Crippen LogP contribution in [0.3, 0.4) is 0 Å². The SMILES string of the molecule is COCCCN1C(=O)[C@@H](C)S[C@@H]1c1cccc(F)c1. The smallest absolute Gasteiger partial charge is 0.236 e. The van der Waals surface area contributed by atoms with Crippen LogP contribution in [0, 0.1) is 5.82 Å². The van der Waals surface area contributed by atoms with E-state index < -0.39 is 0 Å². The van der Waals surface area contributed by atoms with Crippen molar-refractivity contribution >= 4 is 17.7 Å². The van der Waals surface area contributed by atoms with Crippen LogP contribution in [0.1, 0.15) is 24.3 Å². The van der Waals surface area contributed by atoms with E-state index in [4.69, 9.17) is 4.74 Å². The lowest BCUT2D eigenvalue weighted by Gasteiger charge is -2.24. The summed E-state index contributed by atoms with van der Waals surface area (Å²) in [6, 6.07) is 6.48. The molecule has 3 nitrogen and oxygen atoms in total. The highest BCUT2D eigenvalue weighted by atomic mass is 32.2. The minimum Gasteiger partial charge on any atom is -0.385 e. The first-order valence-corrected chi connectivity index (χ1v) is 7.28. The molecule has 0 aliphatic carbocycles. The largest absolute Gasteiger partial charge is 0.385 e. The molecule has 104 valence electrons. The molecule has 1 aromatic carbocycles. The Labute approximate surface area is 117 Å². The topological polar surface area (TPSA) is 29.5 Å². The maximum Gasteiger partial charge on any atom is 0.236 e. The molecular weight excluding hydrogens is 265 g/mol. The van der Waals surface area contributed by atoms with Gasteiger partial charge in [0.05, 0.1) is 5.25 Å². The van der Waals surface area contributed by atoms with Crippen LogP contribution in [0.25, 0.3) is 0 Å². The van der Waals surface area contributed by atoms with Crippen LogP contribution in [0.4, 0.5) is 4.39 Å². The van der Waals surface area contributed by atoms with Gasteiger partial charge in [-0.1, -0.05) is 12.1 Å². The summed E-state index contributed by atoms with van der Waals surface area (Å²) in [5.41, 5.74) is 0.847. The number of benzene rings is 1. The van der Waals surface area contributed by atoms with Crippen molar-refractivity contribution in [2.24, 2.45) is 0 Å². The van der Waals surface area contributed by atoms with E-state index in [9.17, 15) is 9.18 Å². The first kappa shape index (κ1) is 14.3. The Hall–Kier alpha value is -1.07. The van der Waals surface area contributed by atoms with Gasteiger partial charge in [0.25, 0.3) is 0 Å². The summed E-state index contributed by atoms with van der Waals surface area (Å²) in [6.45, 7) is 3.17. The molecule has 1 aliphatic rings. The number of rotatable bonds is 5. The van der Waals surface area contributed by atoms with Crippen molar-refractivity contribution in [3.63, 3.8) is 0 Å². The number of amides is 1. The second-order valence-corrected chi connectivity index (χ2v) is 5.99. The average molecular weight is 283 g/mol. The molecule has 2 atom stereocenters. The predicted octanol–water partition coefficient (Wildman–Crippen LogP) is 2.82. The van der Waals surface area contributed by atoms with E-state index in [2.05, 4.69) is 0 Å². The van der Waals surface area contributed by atoms with Gasteiger partial charge in [-0.25, -0.2) is 4.39 Å². The maximum absolute atomic E-state index is 13.3. The van der Waals surface area contributed by atoms with Gasteiger partial charge in [0.2, 0.25) is 5.91 Å². The van der Waals surface area contributed by atoms with E-state index in [1.54, 1.807) is 24.9 Å². The number of hydrogen-bond donors (Lipinski definition) is 0. The van der Waals surface area contributed by atoms with Crippen LogP contribution < -0.4 is 0 Å². The lowest BCUT2D eigenvalue weighted by atomic mass is 10.2. The van der Waals surface area contributed by atoms with Crippen molar-refractivity contribution in [2.75, 3.05) is 20.3 Å². The molecule has 0 N–H and O–H groups in total. The summed E-state index contributed by atoms with van der Waals surface area (Å²) < 4.78 is 18.3. The number of methoxy groups -OCH3 is 1. The highest BCUT2D eigenvalue weighted by molar-refractivity contribution is 8.01. The lowest BCUT2D eigenvalue weighted by molar-refractivity contribution is -0.130. The molecule has 5 heteroatoms. The number of carbonyl (C=O) groups excluding carboxylic acids is 1. The number of halogens is 1. The van der Waals surface area contributed by atoms with E-state index in [-0.39, 0.29) is 22.3 Å². The molecule has 0 radical (unpaired) electrons. The van der Waals surface area contributed by atoms with Gasteiger partial charge in [0, 0.05) is 20.3 Å². The number of hydrogen-bond acceptors (Lipinski definition) is 3. The normalized spacial score (nSPS) is 23.1. The third-order valence-electron chi connectivity index (χ3n) is 3.13. The average Bonchev–Trinajstić information content (AvgIpc) is 2.67. The van der Waals surface area contributed by atoms with E-state index >= 15 is 0 Å². The van der Waals surface area contributed by atoms with Crippen LogP contribution >= 0.6 is 11.8 Å². The Kier molecular flexibility index (Phi) is 4.82. The summed E-state index contributed by atoms with van der Waals surface area (Å²) in [4.78, 5) is 14.0. The van der Waals surface area contributed by atoms with Crippen molar-refractivity contribution < 1.29 is 13.9 Å². The van der Waals surface area contributed by atoms with Gasteiger partial charge in [0.1, 0.15) is 11.2 Å². The van der Waals surface area contributed by atoms with Crippen molar-refractivity contribution in [3.8, 4) is 0 Å². The van der Waals surface area contributed by atoms with Gasteiger partial charge >= 0.3 is 0 Å². The van der Waals surface area contributed by atoms with Crippen molar-refractivity contribution in [2.45, 2.75) is 24.0 Å². The molecule has 0 saturated carbocycles. The standard InChI is InChI=1S/C14H18FNO2S/c1-10-13(17)16(7-4-8-18-2)14(19-10)11-5-3-6-12(15)9-11/h3,5-6,9-10,14H,4,7-8H2,1-2H3/t10-,14-/m1/s1. The summed E-state index contributed by atoms with van der Waals surface area (Å²) >= 11 is 1.57. The fourth-order valence-electron chi connectivity index (χ4n) is 2.20. The van der Waals surface area contributed by atoms with E-state index in [1.807, 2.05) is 17.9 Å². The number of ether oxygens (including phenoxy) is 1. The molecule has 1 aromatic rings. The van der Waals surface area contributed by atoms with Gasteiger partial charge in [0.15, 0.2) is 0 Å². The van der Waals surface area contributed by atoms with Crippen molar-refractivity contribution in [3.05, 3.63) is 35.6 Å². The monoisotopic (exact) mass is 283 g/mol. The summed E-state index contributed by atoms with van der Waals surface area (Å²) in [5, 5.41) is -0.161. The number of thioether (sulfide) groups is 1. The van der Waals surface area contributed by atoms with E-state index in [0.29, 0.717) is 13.2 Å². The fraction of sp³-hybridized carbons (Fsp3) is 0.500. The van der Waals surface area contributed by atoms with Gasteiger partial charge in [-0.15, -0.1) is 11.8 Å².